The van der Waals surface area contributed by atoms with E-state index in [0.717, 1.165) is 18.3 Å². The number of hydroxylamine groups is 2. The third-order valence-corrected chi connectivity index (χ3v) is 3.88. The second kappa shape index (κ2) is 8.76. The highest BCUT2D eigenvalue weighted by Crippen LogP contribution is 2.21. The summed E-state index contributed by atoms with van der Waals surface area (Å²) in [6, 6.07) is 9.78. The number of carbonyl (C=O) groups excluding carboxylic acids is 2. The molecule has 0 bridgehead atoms. The quantitative estimate of drug-likeness (QED) is 0.719. The topological polar surface area (TPSA) is 61.9 Å². The van der Waals surface area contributed by atoms with Gasteiger partial charge in [-0.15, -0.1) is 0 Å². The zero-order valence-corrected chi connectivity index (χ0v) is 13.8. The number of likely N-dealkylation sites (N-methyl/N-ethyl adjacent to an activating group) is 1. The number of aldehydes is 1. The Kier molecular flexibility index (Phi) is 6.70. The smallest absolute Gasteiger partial charge is 0.255 e. The Bertz CT molecular complexity index is 509. The molecule has 6 nitrogen and oxygen atoms in total. The number of rotatable bonds is 8. The molecule has 6 heteroatoms. The summed E-state index contributed by atoms with van der Waals surface area (Å²) in [5, 5.41) is 4.90. The second-order valence-corrected chi connectivity index (χ2v) is 5.62. The molecule has 1 N–H and O–H groups in total. The van der Waals surface area contributed by atoms with Crippen LogP contribution in [0.3, 0.4) is 0 Å². The molecule has 1 fully saturated rings. The summed E-state index contributed by atoms with van der Waals surface area (Å²) < 4.78 is 0. The summed E-state index contributed by atoms with van der Waals surface area (Å²) in [6.07, 6.45) is 1.33. The van der Waals surface area contributed by atoms with E-state index >= 15 is 0 Å². The van der Waals surface area contributed by atoms with E-state index in [1.165, 1.54) is 0 Å². The van der Waals surface area contributed by atoms with Gasteiger partial charge in [0.1, 0.15) is 12.5 Å². The van der Waals surface area contributed by atoms with E-state index in [4.69, 9.17) is 4.84 Å². The van der Waals surface area contributed by atoms with E-state index in [9.17, 15) is 9.59 Å². The molecule has 1 amide bonds. The molecule has 1 aromatic rings. The van der Waals surface area contributed by atoms with Crippen molar-refractivity contribution < 1.29 is 14.4 Å². The van der Waals surface area contributed by atoms with Crippen LogP contribution in [-0.2, 0) is 20.8 Å². The number of amides is 1. The molecule has 2 rings (SSSR count). The third kappa shape index (κ3) is 4.37. The first-order valence-corrected chi connectivity index (χ1v) is 8.07. The van der Waals surface area contributed by atoms with E-state index in [1.807, 2.05) is 42.4 Å². The monoisotopic (exact) mass is 319 g/mol. The van der Waals surface area contributed by atoms with Crippen molar-refractivity contribution in [3.63, 3.8) is 0 Å². The van der Waals surface area contributed by atoms with Crippen molar-refractivity contribution in [1.82, 2.24) is 15.3 Å². The van der Waals surface area contributed by atoms with E-state index in [1.54, 1.807) is 4.90 Å². The van der Waals surface area contributed by atoms with Gasteiger partial charge in [-0.1, -0.05) is 37.3 Å². The normalized spacial score (nSPS) is 22.3. The van der Waals surface area contributed by atoms with Gasteiger partial charge in [-0.2, -0.15) is 5.06 Å². The van der Waals surface area contributed by atoms with E-state index in [2.05, 4.69) is 12.2 Å². The molecule has 2 atom stereocenters. The largest absolute Gasteiger partial charge is 0.316 e. The Morgan fingerprint density at radius 2 is 2.04 bits per heavy atom. The van der Waals surface area contributed by atoms with Crippen LogP contribution in [0.25, 0.3) is 0 Å². The summed E-state index contributed by atoms with van der Waals surface area (Å²) in [6.45, 7) is 3.41. The number of carbonyl (C=O) groups is 2. The molecule has 126 valence electrons. The van der Waals surface area contributed by atoms with E-state index in [-0.39, 0.29) is 18.6 Å². The minimum Gasteiger partial charge on any atom is -0.316 e. The highest BCUT2D eigenvalue weighted by Gasteiger charge is 2.40. The number of hydrogen-bond donors (Lipinski definition) is 1. The van der Waals surface area contributed by atoms with Crippen LogP contribution >= 0.6 is 0 Å². The Morgan fingerprint density at radius 1 is 1.30 bits per heavy atom. The van der Waals surface area contributed by atoms with Gasteiger partial charge in [0.05, 0.1) is 6.54 Å². The standard InChI is InChI=1S/C17H25N3O3/c1-3-9-20-16(13-18-2)19(10-11-21)17(22)15(23-20)12-14-7-5-4-6-8-14/h4-8,11,15-16,18H,3,9-10,12-13H2,1-2H3. The highest BCUT2D eigenvalue weighted by molar-refractivity contribution is 5.83. The van der Waals surface area contributed by atoms with Gasteiger partial charge in [0.25, 0.3) is 5.91 Å². The molecule has 1 saturated heterocycles. The average molecular weight is 319 g/mol. The zero-order valence-electron chi connectivity index (χ0n) is 13.8. The Morgan fingerprint density at radius 3 is 2.65 bits per heavy atom. The van der Waals surface area contributed by atoms with Crippen molar-refractivity contribution in [1.29, 1.82) is 0 Å². The van der Waals surface area contributed by atoms with Crippen LogP contribution in [0.1, 0.15) is 18.9 Å². The first-order chi connectivity index (χ1) is 11.2. The minimum atomic E-state index is -0.586. The third-order valence-electron chi connectivity index (χ3n) is 3.88. The van der Waals surface area contributed by atoms with Gasteiger partial charge in [0.2, 0.25) is 0 Å². The zero-order chi connectivity index (χ0) is 16.7. The fraction of sp³-hybridized carbons (Fsp3) is 0.529. The number of benzene rings is 1. The second-order valence-electron chi connectivity index (χ2n) is 5.62. The minimum absolute atomic E-state index is 0.0834. The van der Waals surface area contributed by atoms with E-state index < -0.39 is 6.10 Å². The molecule has 2 unspecified atom stereocenters. The lowest BCUT2D eigenvalue weighted by Gasteiger charge is -2.45. The molecule has 0 aromatic heterocycles. The van der Waals surface area contributed by atoms with Crippen LogP contribution in [-0.4, -0.2) is 61.1 Å². The molecule has 0 radical (unpaired) electrons. The molecular formula is C17H25N3O3. The lowest BCUT2D eigenvalue weighted by molar-refractivity contribution is -0.272. The van der Waals surface area contributed by atoms with Crippen molar-refractivity contribution >= 4 is 12.2 Å². The van der Waals surface area contributed by atoms with Gasteiger partial charge < -0.3 is 15.0 Å². The molecule has 0 spiro atoms. The lowest BCUT2D eigenvalue weighted by Crippen LogP contribution is -2.64. The van der Waals surface area contributed by atoms with Crippen LogP contribution in [0.5, 0.6) is 0 Å². The SMILES string of the molecule is CCCN1OC(Cc2ccccc2)C(=O)N(CC=O)C1CNC. The molecule has 1 aliphatic heterocycles. The van der Waals surface area contributed by atoms with Gasteiger partial charge in [-0.3, -0.25) is 9.63 Å². The van der Waals surface area contributed by atoms with Crippen molar-refractivity contribution in [3.05, 3.63) is 35.9 Å². The lowest BCUT2D eigenvalue weighted by atomic mass is 10.1. The van der Waals surface area contributed by atoms with E-state index in [0.29, 0.717) is 19.5 Å². The van der Waals surface area contributed by atoms with Crippen molar-refractivity contribution in [2.75, 3.05) is 26.7 Å². The van der Waals surface area contributed by atoms with Crippen LogP contribution in [0.15, 0.2) is 30.3 Å². The maximum atomic E-state index is 12.7. The summed E-state index contributed by atoms with van der Waals surface area (Å²) in [5.41, 5.74) is 1.04. The summed E-state index contributed by atoms with van der Waals surface area (Å²) in [4.78, 5) is 31.3. The maximum Gasteiger partial charge on any atom is 0.255 e. The maximum absolute atomic E-state index is 12.7. The van der Waals surface area contributed by atoms with Crippen LogP contribution in [0.4, 0.5) is 0 Å². The Balaban J connectivity index is 2.19. The Labute approximate surface area is 137 Å². The van der Waals surface area contributed by atoms with Gasteiger partial charge in [-0.25, -0.2) is 0 Å². The number of nitrogens with one attached hydrogen (secondary N) is 1. The summed E-state index contributed by atoms with van der Waals surface area (Å²) in [5.74, 6) is -0.131. The first-order valence-electron chi connectivity index (χ1n) is 8.07. The molecule has 0 aliphatic carbocycles. The first kappa shape index (κ1) is 17.6. The highest BCUT2D eigenvalue weighted by atomic mass is 16.7. The van der Waals surface area contributed by atoms with Gasteiger partial charge in [0.15, 0.2) is 6.10 Å². The van der Waals surface area contributed by atoms with Crippen molar-refractivity contribution in [3.8, 4) is 0 Å². The van der Waals surface area contributed by atoms with Crippen molar-refractivity contribution in [2.24, 2.45) is 0 Å². The predicted octanol–water partition coefficient (Wildman–Crippen LogP) is 0.828. The molecular weight excluding hydrogens is 294 g/mol. The van der Waals surface area contributed by atoms with Gasteiger partial charge in [-0.05, 0) is 19.0 Å². The van der Waals surface area contributed by atoms with Gasteiger partial charge >= 0.3 is 0 Å². The predicted molar refractivity (Wildman–Crippen MR) is 87.5 cm³/mol. The molecule has 1 heterocycles. The fourth-order valence-electron chi connectivity index (χ4n) is 2.83. The fourth-order valence-corrected chi connectivity index (χ4v) is 2.83. The molecule has 23 heavy (non-hydrogen) atoms. The van der Waals surface area contributed by atoms with Gasteiger partial charge in [0, 0.05) is 19.5 Å². The Hall–Kier alpha value is -1.76. The van der Waals surface area contributed by atoms with Crippen LogP contribution in [0.2, 0.25) is 0 Å². The number of hydrogen-bond acceptors (Lipinski definition) is 5. The summed E-state index contributed by atoms with van der Waals surface area (Å²) >= 11 is 0. The molecule has 1 aliphatic rings. The molecule has 0 saturated carbocycles. The summed E-state index contributed by atoms with van der Waals surface area (Å²) in [7, 11) is 1.82. The van der Waals surface area contributed by atoms with Crippen molar-refractivity contribution in [2.45, 2.75) is 32.0 Å². The molecule has 1 aromatic carbocycles. The number of nitrogens with zero attached hydrogens (tertiary/aromatic N) is 2. The van der Waals surface area contributed by atoms with Crippen LogP contribution < -0.4 is 5.32 Å². The average Bonchev–Trinajstić information content (AvgIpc) is 2.56. The van der Waals surface area contributed by atoms with Crippen LogP contribution in [0, 0.1) is 0 Å².